The number of carbonyl (C=O) groups excluding carboxylic acids is 1. The van der Waals surface area contributed by atoms with Crippen LogP contribution in [0.2, 0.25) is 0 Å². The van der Waals surface area contributed by atoms with Crippen LogP contribution in [0, 0.1) is 5.41 Å². The van der Waals surface area contributed by atoms with Gasteiger partial charge in [0, 0.05) is 13.2 Å². The minimum Gasteiger partial charge on any atom is -0.468 e. The Bertz CT molecular complexity index is 273. The first kappa shape index (κ1) is 10.9. The molecule has 0 bridgehead atoms. The summed E-state index contributed by atoms with van der Waals surface area (Å²) in [5, 5.41) is 0. The third-order valence-electron chi connectivity index (χ3n) is 4.06. The molecule has 2 saturated heterocycles. The van der Waals surface area contributed by atoms with Crippen molar-refractivity contribution in [3.63, 3.8) is 0 Å². The smallest absolute Gasteiger partial charge is 0.315 e. The van der Waals surface area contributed by atoms with E-state index in [4.69, 9.17) is 9.47 Å². The highest BCUT2D eigenvalue weighted by Gasteiger charge is 2.62. The maximum Gasteiger partial charge on any atom is 0.315 e. The average molecular weight is 213 g/mol. The molecule has 15 heavy (non-hydrogen) atoms. The predicted octanol–water partition coefficient (Wildman–Crippen LogP) is 1.01. The number of esters is 1. The van der Waals surface area contributed by atoms with E-state index in [9.17, 15) is 4.79 Å². The lowest BCUT2D eigenvalue weighted by molar-refractivity contribution is -0.187. The number of ether oxygens (including phenoxy) is 2. The van der Waals surface area contributed by atoms with Crippen molar-refractivity contribution in [1.29, 1.82) is 0 Å². The Kier molecular flexibility index (Phi) is 2.51. The van der Waals surface area contributed by atoms with Crippen molar-refractivity contribution in [3.05, 3.63) is 0 Å². The standard InChI is InChI=1S/C11H19NO3/c1-10(9(13)14-3)6-7-12(2)11(10)5-4-8-15-11/h4-8H2,1-3H3. The average Bonchev–Trinajstić information content (AvgIpc) is 2.82. The lowest BCUT2D eigenvalue weighted by Crippen LogP contribution is -2.54. The predicted molar refractivity (Wildman–Crippen MR) is 55.3 cm³/mol. The molecule has 2 aliphatic rings. The van der Waals surface area contributed by atoms with E-state index >= 15 is 0 Å². The minimum absolute atomic E-state index is 0.145. The molecule has 0 radical (unpaired) electrons. The van der Waals surface area contributed by atoms with Gasteiger partial charge in [-0.1, -0.05) is 0 Å². The summed E-state index contributed by atoms with van der Waals surface area (Å²) in [6.07, 6.45) is 2.77. The molecule has 4 nitrogen and oxygen atoms in total. The van der Waals surface area contributed by atoms with Crippen LogP contribution in [0.3, 0.4) is 0 Å². The number of likely N-dealkylation sites (tertiary alicyclic amines) is 1. The summed E-state index contributed by atoms with van der Waals surface area (Å²) < 4.78 is 10.8. The van der Waals surface area contributed by atoms with Crippen molar-refractivity contribution in [2.45, 2.75) is 31.9 Å². The van der Waals surface area contributed by atoms with Gasteiger partial charge < -0.3 is 9.47 Å². The monoisotopic (exact) mass is 213 g/mol. The summed E-state index contributed by atoms with van der Waals surface area (Å²) in [5.74, 6) is -0.145. The van der Waals surface area contributed by atoms with Gasteiger partial charge in [0.05, 0.1) is 7.11 Å². The number of nitrogens with zero attached hydrogens (tertiary/aromatic N) is 1. The highest BCUT2D eigenvalue weighted by Crippen LogP contribution is 2.51. The van der Waals surface area contributed by atoms with Gasteiger partial charge in [-0.3, -0.25) is 9.69 Å². The van der Waals surface area contributed by atoms with Crippen molar-refractivity contribution >= 4 is 5.97 Å². The quantitative estimate of drug-likeness (QED) is 0.609. The first-order valence-electron chi connectivity index (χ1n) is 5.50. The zero-order valence-electron chi connectivity index (χ0n) is 9.71. The van der Waals surface area contributed by atoms with Gasteiger partial charge >= 0.3 is 5.97 Å². The van der Waals surface area contributed by atoms with E-state index in [0.717, 1.165) is 32.4 Å². The first-order chi connectivity index (χ1) is 7.07. The molecule has 4 heteroatoms. The first-order valence-corrected chi connectivity index (χ1v) is 5.50. The van der Waals surface area contributed by atoms with Crippen molar-refractivity contribution in [2.24, 2.45) is 5.41 Å². The van der Waals surface area contributed by atoms with E-state index < -0.39 is 11.1 Å². The topological polar surface area (TPSA) is 38.8 Å². The zero-order valence-corrected chi connectivity index (χ0v) is 9.71. The molecule has 86 valence electrons. The van der Waals surface area contributed by atoms with E-state index in [-0.39, 0.29) is 5.97 Å². The van der Waals surface area contributed by atoms with Gasteiger partial charge in [0.2, 0.25) is 0 Å². The summed E-state index contributed by atoms with van der Waals surface area (Å²) in [7, 11) is 3.48. The van der Waals surface area contributed by atoms with Crippen LogP contribution in [-0.4, -0.2) is 43.9 Å². The maximum atomic E-state index is 11.9. The van der Waals surface area contributed by atoms with Crippen LogP contribution in [0.15, 0.2) is 0 Å². The molecule has 0 amide bonds. The van der Waals surface area contributed by atoms with Gasteiger partial charge in [0.25, 0.3) is 0 Å². The van der Waals surface area contributed by atoms with Gasteiger partial charge in [-0.2, -0.15) is 0 Å². The van der Waals surface area contributed by atoms with Gasteiger partial charge in [-0.25, -0.2) is 0 Å². The SMILES string of the molecule is COC(=O)C1(C)CCN(C)C12CCCO2. The Labute approximate surface area is 90.5 Å². The number of methoxy groups -OCH3 is 1. The molecule has 2 heterocycles. The lowest BCUT2D eigenvalue weighted by atomic mass is 9.78. The molecular weight excluding hydrogens is 194 g/mol. The van der Waals surface area contributed by atoms with Crippen LogP contribution >= 0.6 is 0 Å². The molecule has 0 N–H and O–H groups in total. The Morgan fingerprint density at radius 1 is 1.47 bits per heavy atom. The maximum absolute atomic E-state index is 11.9. The van der Waals surface area contributed by atoms with Crippen molar-refractivity contribution in [2.75, 3.05) is 27.3 Å². The van der Waals surface area contributed by atoms with Crippen LogP contribution in [0.4, 0.5) is 0 Å². The van der Waals surface area contributed by atoms with Crippen LogP contribution < -0.4 is 0 Å². The molecule has 2 fully saturated rings. The second kappa shape index (κ2) is 3.46. The fourth-order valence-electron chi connectivity index (χ4n) is 3.04. The fourth-order valence-corrected chi connectivity index (χ4v) is 3.04. The molecule has 2 rings (SSSR count). The molecule has 0 saturated carbocycles. The summed E-state index contributed by atoms with van der Waals surface area (Å²) in [5.41, 5.74) is -0.924. The summed E-state index contributed by atoms with van der Waals surface area (Å²) >= 11 is 0. The lowest BCUT2D eigenvalue weighted by Gasteiger charge is -2.41. The highest BCUT2D eigenvalue weighted by atomic mass is 16.5. The van der Waals surface area contributed by atoms with Crippen LogP contribution in [0.25, 0.3) is 0 Å². The minimum atomic E-state index is -0.507. The number of carbonyl (C=O) groups is 1. The summed E-state index contributed by atoms with van der Waals surface area (Å²) in [6, 6.07) is 0. The number of hydrogen-bond donors (Lipinski definition) is 0. The van der Waals surface area contributed by atoms with E-state index in [2.05, 4.69) is 4.90 Å². The molecule has 0 aromatic rings. The Morgan fingerprint density at radius 2 is 2.20 bits per heavy atom. The molecule has 0 aromatic heterocycles. The van der Waals surface area contributed by atoms with E-state index in [1.807, 2.05) is 14.0 Å². The van der Waals surface area contributed by atoms with E-state index in [1.165, 1.54) is 7.11 Å². The molecule has 0 aromatic carbocycles. The van der Waals surface area contributed by atoms with Crippen LogP contribution in [0.5, 0.6) is 0 Å². The molecule has 2 unspecified atom stereocenters. The molecule has 2 aliphatic heterocycles. The second-order valence-corrected chi connectivity index (χ2v) is 4.73. The Morgan fingerprint density at radius 3 is 2.73 bits per heavy atom. The normalized spacial score (nSPS) is 41.3. The van der Waals surface area contributed by atoms with Gasteiger partial charge in [-0.15, -0.1) is 0 Å². The van der Waals surface area contributed by atoms with Crippen LogP contribution in [0.1, 0.15) is 26.2 Å². The Balaban J connectivity index is 2.35. The molecule has 0 aliphatic carbocycles. The zero-order chi connectivity index (χ0) is 11.1. The van der Waals surface area contributed by atoms with Gasteiger partial charge in [0.1, 0.15) is 11.1 Å². The van der Waals surface area contributed by atoms with Gasteiger partial charge in [-0.05, 0) is 33.2 Å². The number of hydrogen-bond acceptors (Lipinski definition) is 4. The van der Waals surface area contributed by atoms with Crippen LogP contribution in [-0.2, 0) is 14.3 Å². The van der Waals surface area contributed by atoms with Gasteiger partial charge in [0.15, 0.2) is 0 Å². The Hall–Kier alpha value is -0.610. The third kappa shape index (κ3) is 1.24. The highest BCUT2D eigenvalue weighted by molar-refractivity contribution is 5.78. The summed E-state index contributed by atoms with van der Waals surface area (Å²) in [6.45, 7) is 3.61. The van der Waals surface area contributed by atoms with E-state index in [0.29, 0.717) is 0 Å². The largest absolute Gasteiger partial charge is 0.468 e. The van der Waals surface area contributed by atoms with Crippen molar-refractivity contribution in [3.8, 4) is 0 Å². The molecular formula is C11H19NO3. The molecule has 1 spiro atoms. The third-order valence-corrected chi connectivity index (χ3v) is 4.06. The summed E-state index contributed by atoms with van der Waals surface area (Å²) in [4.78, 5) is 14.1. The van der Waals surface area contributed by atoms with Crippen molar-refractivity contribution in [1.82, 2.24) is 4.90 Å². The number of rotatable bonds is 1. The van der Waals surface area contributed by atoms with E-state index in [1.54, 1.807) is 0 Å². The fraction of sp³-hybridized carbons (Fsp3) is 0.909. The molecule has 2 atom stereocenters. The van der Waals surface area contributed by atoms with Crippen molar-refractivity contribution < 1.29 is 14.3 Å². The second-order valence-electron chi connectivity index (χ2n) is 4.73.